The summed E-state index contributed by atoms with van der Waals surface area (Å²) in [4.78, 5) is 41.1. The summed E-state index contributed by atoms with van der Waals surface area (Å²) in [6, 6.07) is 2.96. The van der Waals surface area contributed by atoms with Gasteiger partial charge in [0.2, 0.25) is 0 Å². The quantitative estimate of drug-likeness (QED) is 0.624. The summed E-state index contributed by atoms with van der Waals surface area (Å²) in [5.41, 5.74) is 0.550. The van der Waals surface area contributed by atoms with Crippen molar-refractivity contribution in [2.75, 3.05) is 7.11 Å². The zero-order valence-corrected chi connectivity index (χ0v) is 13.0. The fourth-order valence-electron chi connectivity index (χ4n) is 2.39. The fraction of sp³-hybridized carbons (Fsp3) is 0.375. The van der Waals surface area contributed by atoms with E-state index in [0.717, 1.165) is 5.56 Å². The fourth-order valence-corrected chi connectivity index (χ4v) is 2.39. The number of aliphatic hydroxyl groups is 1. The number of ketones is 1. The average Bonchev–Trinajstić information content (AvgIpc) is 2.77. The Balaban J connectivity index is 2.11. The molecule has 2 rings (SSSR count). The Morgan fingerprint density at radius 2 is 2.13 bits per heavy atom. The molecular weight excluding hydrogens is 300 g/mol. The van der Waals surface area contributed by atoms with Crippen LogP contribution in [-0.2, 0) is 25.7 Å². The van der Waals surface area contributed by atoms with Crippen LogP contribution in [0.5, 0.6) is 0 Å². The molecule has 1 amide bonds. The molecule has 1 N–H and O–H groups in total. The number of hydrogen-bond acceptors (Lipinski definition) is 6. The van der Waals surface area contributed by atoms with Crippen molar-refractivity contribution < 1.29 is 24.2 Å². The normalized spacial score (nSPS) is 17.6. The topological polar surface area (TPSA) is 96.8 Å². The molecule has 0 saturated carbocycles. The van der Waals surface area contributed by atoms with Crippen molar-refractivity contribution in [1.29, 1.82) is 0 Å². The van der Waals surface area contributed by atoms with E-state index < -0.39 is 23.7 Å². The molecule has 0 fully saturated rings. The van der Waals surface area contributed by atoms with Crippen LogP contribution >= 0.6 is 0 Å². The van der Waals surface area contributed by atoms with E-state index in [9.17, 15) is 19.5 Å². The summed E-state index contributed by atoms with van der Waals surface area (Å²) in [6.45, 7) is 1.88. The van der Waals surface area contributed by atoms with Crippen molar-refractivity contribution in [2.45, 2.75) is 32.4 Å². The Labute approximate surface area is 133 Å². The maximum Gasteiger partial charge on any atom is 0.305 e. The SMILES string of the molecule is COC(=O)CCC(=O)C1=C(O)C(C)N(Cc2cccnc2)C1=O. The van der Waals surface area contributed by atoms with Crippen molar-refractivity contribution in [3.05, 3.63) is 41.4 Å². The molecule has 7 nitrogen and oxygen atoms in total. The summed E-state index contributed by atoms with van der Waals surface area (Å²) in [6.07, 6.45) is 2.94. The van der Waals surface area contributed by atoms with Crippen LogP contribution in [0, 0.1) is 0 Å². The van der Waals surface area contributed by atoms with Crippen molar-refractivity contribution in [3.63, 3.8) is 0 Å². The minimum Gasteiger partial charge on any atom is -0.509 e. The van der Waals surface area contributed by atoms with Gasteiger partial charge in [-0.25, -0.2) is 0 Å². The smallest absolute Gasteiger partial charge is 0.305 e. The number of amides is 1. The molecule has 122 valence electrons. The molecule has 1 aliphatic heterocycles. The molecule has 0 aliphatic carbocycles. The number of aromatic nitrogens is 1. The van der Waals surface area contributed by atoms with Gasteiger partial charge in [-0.05, 0) is 18.6 Å². The molecular formula is C16H18N2O5. The van der Waals surface area contributed by atoms with Gasteiger partial charge in [0.1, 0.15) is 11.3 Å². The molecule has 0 saturated heterocycles. The van der Waals surface area contributed by atoms with Crippen LogP contribution in [-0.4, -0.2) is 45.8 Å². The van der Waals surface area contributed by atoms with Gasteiger partial charge in [-0.1, -0.05) is 6.07 Å². The third-order valence-corrected chi connectivity index (χ3v) is 3.73. The standard InChI is InChI=1S/C16H18N2O5/c1-10-15(21)14(12(19)5-6-13(20)23-2)16(22)18(10)9-11-4-3-7-17-8-11/h3-4,7-8,10,21H,5-6,9H2,1-2H3. The number of aliphatic hydroxyl groups excluding tert-OH is 1. The van der Waals surface area contributed by atoms with Gasteiger partial charge in [0.15, 0.2) is 5.78 Å². The largest absolute Gasteiger partial charge is 0.509 e. The number of carbonyl (C=O) groups is 3. The number of methoxy groups -OCH3 is 1. The second-order valence-electron chi connectivity index (χ2n) is 5.23. The van der Waals surface area contributed by atoms with Crippen LogP contribution in [0.25, 0.3) is 0 Å². The molecule has 1 aromatic heterocycles. The second kappa shape index (κ2) is 7.04. The number of hydrogen-bond donors (Lipinski definition) is 1. The molecule has 23 heavy (non-hydrogen) atoms. The first-order valence-electron chi connectivity index (χ1n) is 7.18. The monoisotopic (exact) mass is 318 g/mol. The highest BCUT2D eigenvalue weighted by Crippen LogP contribution is 2.27. The van der Waals surface area contributed by atoms with Crippen LogP contribution < -0.4 is 0 Å². The van der Waals surface area contributed by atoms with Crippen molar-refractivity contribution in [1.82, 2.24) is 9.88 Å². The van der Waals surface area contributed by atoms with Gasteiger partial charge in [0.25, 0.3) is 5.91 Å². The van der Waals surface area contributed by atoms with E-state index in [1.54, 1.807) is 31.5 Å². The van der Waals surface area contributed by atoms with Crippen molar-refractivity contribution in [2.24, 2.45) is 0 Å². The molecule has 0 spiro atoms. The van der Waals surface area contributed by atoms with E-state index in [4.69, 9.17) is 0 Å². The summed E-state index contributed by atoms with van der Waals surface area (Å²) >= 11 is 0. The zero-order valence-electron chi connectivity index (χ0n) is 13.0. The molecule has 0 bridgehead atoms. The molecule has 1 aromatic rings. The highest BCUT2D eigenvalue weighted by atomic mass is 16.5. The summed E-state index contributed by atoms with van der Waals surface area (Å²) in [7, 11) is 1.22. The Morgan fingerprint density at radius 1 is 1.39 bits per heavy atom. The number of carbonyl (C=O) groups excluding carboxylic acids is 3. The lowest BCUT2D eigenvalue weighted by atomic mass is 10.1. The van der Waals surface area contributed by atoms with Crippen molar-refractivity contribution in [3.8, 4) is 0 Å². The van der Waals surface area contributed by atoms with E-state index in [1.807, 2.05) is 0 Å². The van der Waals surface area contributed by atoms with E-state index in [2.05, 4.69) is 9.72 Å². The highest BCUT2D eigenvalue weighted by Gasteiger charge is 2.39. The van der Waals surface area contributed by atoms with Gasteiger partial charge in [-0.15, -0.1) is 0 Å². The van der Waals surface area contributed by atoms with Crippen LogP contribution in [0.15, 0.2) is 35.9 Å². The Hall–Kier alpha value is -2.70. The lowest BCUT2D eigenvalue weighted by Gasteiger charge is -2.22. The molecule has 7 heteroatoms. The summed E-state index contributed by atoms with van der Waals surface area (Å²) in [5, 5.41) is 10.1. The molecule has 1 unspecified atom stereocenters. The molecule has 1 aliphatic rings. The summed E-state index contributed by atoms with van der Waals surface area (Å²) < 4.78 is 4.47. The van der Waals surface area contributed by atoms with Gasteiger partial charge in [-0.3, -0.25) is 19.4 Å². The Morgan fingerprint density at radius 3 is 2.74 bits per heavy atom. The first-order valence-corrected chi connectivity index (χ1v) is 7.18. The first-order chi connectivity index (χ1) is 11.0. The van der Waals surface area contributed by atoms with Crippen LogP contribution in [0.2, 0.25) is 0 Å². The Bertz CT molecular complexity index is 654. The number of nitrogens with zero attached hydrogens (tertiary/aromatic N) is 2. The van der Waals surface area contributed by atoms with Gasteiger partial charge >= 0.3 is 5.97 Å². The average molecular weight is 318 g/mol. The van der Waals surface area contributed by atoms with Crippen molar-refractivity contribution >= 4 is 17.7 Å². The van der Waals surface area contributed by atoms with E-state index >= 15 is 0 Å². The molecule has 2 heterocycles. The number of pyridine rings is 1. The maximum atomic E-state index is 12.4. The van der Waals surface area contributed by atoms with Gasteiger partial charge in [0, 0.05) is 25.4 Å². The third-order valence-electron chi connectivity index (χ3n) is 3.73. The number of rotatable bonds is 6. The molecule has 0 radical (unpaired) electrons. The predicted molar refractivity (Wildman–Crippen MR) is 80.2 cm³/mol. The zero-order chi connectivity index (χ0) is 17.0. The van der Waals surface area contributed by atoms with E-state index in [1.165, 1.54) is 12.0 Å². The highest BCUT2D eigenvalue weighted by molar-refractivity contribution is 6.21. The number of esters is 1. The van der Waals surface area contributed by atoms with Gasteiger partial charge in [0.05, 0.1) is 19.6 Å². The lowest BCUT2D eigenvalue weighted by molar-refractivity contribution is -0.142. The minimum atomic E-state index is -0.597. The van der Waals surface area contributed by atoms with Crippen LogP contribution in [0.4, 0.5) is 0 Å². The first kappa shape index (κ1) is 16.7. The predicted octanol–water partition coefficient (Wildman–Crippen LogP) is 1.15. The molecule has 1 atom stereocenters. The van der Waals surface area contributed by atoms with Crippen LogP contribution in [0.1, 0.15) is 25.3 Å². The van der Waals surface area contributed by atoms with Crippen LogP contribution in [0.3, 0.4) is 0 Å². The van der Waals surface area contributed by atoms with E-state index in [-0.39, 0.29) is 30.7 Å². The number of Topliss-reactive ketones (excluding diaryl/α,β-unsaturated/α-hetero) is 1. The Kier molecular flexibility index (Phi) is 5.10. The molecule has 0 aromatic carbocycles. The van der Waals surface area contributed by atoms with Gasteiger partial charge in [-0.2, -0.15) is 0 Å². The number of ether oxygens (including phenoxy) is 1. The third kappa shape index (κ3) is 3.56. The minimum absolute atomic E-state index is 0.129. The van der Waals surface area contributed by atoms with E-state index in [0.29, 0.717) is 0 Å². The summed E-state index contributed by atoms with van der Waals surface area (Å²) in [5.74, 6) is -1.88. The maximum absolute atomic E-state index is 12.4. The second-order valence-corrected chi connectivity index (χ2v) is 5.23. The lowest BCUT2D eigenvalue weighted by Crippen LogP contribution is -2.33. The van der Waals surface area contributed by atoms with Gasteiger partial charge < -0.3 is 14.7 Å².